The molecule has 150 valence electrons. The van der Waals surface area contributed by atoms with Crippen molar-refractivity contribution in [1.82, 2.24) is 5.32 Å². The monoisotopic (exact) mass is 393 g/mol. The molecule has 2 N–H and O–H groups in total. The van der Waals surface area contributed by atoms with Gasteiger partial charge in [0.05, 0.1) is 4.92 Å². The summed E-state index contributed by atoms with van der Waals surface area (Å²) in [4.78, 5) is 35.0. The lowest BCUT2D eigenvalue weighted by Gasteiger charge is -2.22. The Balaban J connectivity index is 1.60. The number of nitrogens with one attached hydrogen (secondary N) is 2. The van der Waals surface area contributed by atoms with Crippen molar-refractivity contribution >= 4 is 29.3 Å². The summed E-state index contributed by atoms with van der Waals surface area (Å²) in [5.41, 5.74) is 1.52. The van der Waals surface area contributed by atoms with Gasteiger partial charge in [-0.25, -0.2) is 0 Å². The van der Waals surface area contributed by atoms with E-state index in [0.29, 0.717) is 16.8 Å². The molecule has 1 saturated carbocycles. The minimum Gasteiger partial charge on any atom is -0.349 e. The molecule has 1 aliphatic rings. The van der Waals surface area contributed by atoms with Crippen LogP contribution in [0.25, 0.3) is 6.08 Å². The van der Waals surface area contributed by atoms with Gasteiger partial charge in [0, 0.05) is 35.5 Å². The number of carbonyl (C=O) groups is 2. The first kappa shape index (κ1) is 20.3. The van der Waals surface area contributed by atoms with Crippen molar-refractivity contribution < 1.29 is 14.5 Å². The van der Waals surface area contributed by atoms with Gasteiger partial charge in [0.25, 0.3) is 11.6 Å². The van der Waals surface area contributed by atoms with Gasteiger partial charge in [0.15, 0.2) is 0 Å². The zero-order chi connectivity index (χ0) is 20.6. The van der Waals surface area contributed by atoms with Crippen molar-refractivity contribution in [3.63, 3.8) is 0 Å². The number of hydrogen-bond acceptors (Lipinski definition) is 4. The molecule has 1 aliphatic carbocycles. The summed E-state index contributed by atoms with van der Waals surface area (Å²) in [5.74, 6) is -0.526. The fourth-order valence-electron chi connectivity index (χ4n) is 3.35. The molecule has 0 aliphatic heterocycles. The standard InChI is InChI=1S/C22H23N3O4/c26-21(13-12-16-6-4-11-20(14-16)25(28)29)23-19-10-5-7-17(15-19)22(27)24-18-8-2-1-3-9-18/h4-7,10-15,18H,1-3,8-9H2,(H,23,26)(H,24,27)/b13-12+. The van der Waals surface area contributed by atoms with Crippen molar-refractivity contribution in [3.8, 4) is 0 Å². The Bertz CT molecular complexity index is 933. The van der Waals surface area contributed by atoms with Gasteiger partial charge in [-0.2, -0.15) is 0 Å². The lowest BCUT2D eigenvalue weighted by atomic mass is 9.95. The van der Waals surface area contributed by atoms with E-state index in [4.69, 9.17) is 0 Å². The maximum atomic E-state index is 12.5. The second kappa shape index (κ2) is 9.64. The van der Waals surface area contributed by atoms with Gasteiger partial charge in [-0.05, 0) is 42.7 Å². The second-order valence-electron chi connectivity index (χ2n) is 7.06. The topological polar surface area (TPSA) is 101 Å². The Labute approximate surface area is 169 Å². The summed E-state index contributed by atoms with van der Waals surface area (Å²) in [5, 5.41) is 16.6. The van der Waals surface area contributed by atoms with Crippen molar-refractivity contribution in [2.45, 2.75) is 38.1 Å². The Hall–Kier alpha value is -3.48. The summed E-state index contributed by atoms with van der Waals surface area (Å²) >= 11 is 0. The molecule has 2 amide bonds. The van der Waals surface area contributed by atoms with Crippen LogP contribution in [-0.4, -0.2) is 22.8 Å². The van der Waals surface area contributed by atoms with E-state index in [-0.39, 0.29) is 23.5 Å². The van der Waals surface area contributed by atoms with E-state index >= 15 is 0 Å². The molecule has 0 saturated heterocycles. The number of nitro groups is 1. The summed E-state index contributed by atoms with van der Waals surface area (Å²) in [6.07, 6.45) is 8.30. The maximum Gasteiger partial charge on any atom is 0.270 e. The molecule has 1 fully saturated rings. The number of non-ortho nitro benzene ring substituents is 1. The number of nitrogens with zero attached hydrogens (tertiary/aromatic N) is 1. The third-order valence-corrected chi connectivity index (χ3v) is 4.84. The molecule has 2 aromatic carbocycles. The molecule has 0 atom stereocenters. The molecular formula is C22H23N3O4. The molecular weight excluding hydrogens is 370 g/mol. The summed E-state index contributed by atoms with van der Waals surface area (Å²) < 4.78 is 0. The van der Waals surface area contributed by atoms with Crippen molar-refractivity contribution in [2.24, 2.45) is 0 Å². The molecule has 0 spiro atoms. The lowest BCUT2D eigenvalue weighted by Crippen LogP contribution is -2.36. The van der Waals surface area contributed by atoms with E-state index in [0.717, 1.165) is 25.7 Å². The fourth-order valence-corrected chi connectivity index (χ4v) is 3.35. The van der Waals surface area contributed by atoms with Crippen LogP contribution in [0.1, 0.15) is 48.0 Å². The van der Waals surface area contributed by atoms with Gasteiger partial charge in [-0.3, -0.25) is 19.7 Å². The first-order valence-electron chi connectivity index (χ1n) is 9.66. The molecule has 0 aromatic heterocycles. The molecule has 0 radical (unpaired) electrons. The highest BCUT2D eigenvalue weighted by Gasteiger charge is 2.16. The normalized spacial score (nSPS) is 14.5. The Kier molecular flexibility index (Phi) is 6.73. The molecule has 0 bridgehead atoms. The highest BCUT2D eigenvalue weighted by molar-refractivity contribution is 6.03. The molecule has 0 unspecified atom stereocenters. The van der Waals surface area contributed by atoms with E-state index < -0.39 is 4.92 Å². The Morgan fingerprint density at radius 3 is 2.55 bits per heavy atom. The van der Waals surface area contributed by atoms with Crippen LogP contribution in [0.15, 0.2) is 54.6 Å². The largest absolute Gasteiger partial charge is 0.349 e. The maximum absolute atomic E-state index is 12.5. The fraction of sp³-hybridized carbons (Fsp3) is 0.273. The van der Waals surface area contributed by atoms with Gasteiger partial charge in [-0.15, -0.1) is 0 Å². The Morgan fingerprint density at radius 2 is 1.79 bits per heavy atom. The van der Waals surface area contributed by atoms with Gasteiger partial charge < -0.3 is 10.6 Å². The quantitative estimate of drug-likeness (QED) is 0.434. The summed E-state index contributed by atoms with van der Waals surface area (Å²) in [7, 11) is 0. The van der Waals surface area contributed by atoms with E-state index in [1.807, 2.05) is 0 Å². The first-order valence-corrected chi connectivity index (χ1v) is 9.66. The van der Waals surface area contributed by atoms with Gasteiger partial charge in [0.1, 0.15) is 0 Å². The van der Waals surface area contributed by atoms with Crippen LogP contribution in [0.4, 0.5) is 11.4 Å². The number of rotatable bonds is 6. The number of anilines is 1. The predicted molar refractivity (Wildman–Crippen MR) is 112 cm³/mol. The van der Waals surface area contributed by atoms with Gasteiger partial charge >= 0.3 is 0 Å². The second-order valence-corrected chi connectivity index (χ2v) is 7.06. The van der Waals surface area contributed by atoms with Crippen LogP contribution in [-0.2, 0) is 4.79 Å². The van der Waals surface area contributed by atoms with E-state index in [1.54, 1.807) is 36.4 Å². The SMILES string of the molecule is O=C(/C=C/c1cccc([N+](=O)[O-])c1)Nc1cccc(C(=O)NC2CCCCC2)c1. The lowest BCUT2D eigenvalue weighted by molar-refractivity contribution is -0.384. The number of benzene rings is 2. The van der Waals surface area contributed by atoms with Crippen molar-refractivity contribution in [2.75, 3.05) is 5.32 Å². The minimum absolute atomic E-state index is 0.0377. The Morgan fingerprint density at radius 1 is 1.03 bits per heavy atom. The highest BCUT2D eigenvalue weighted by Crippen LogP contribution is 2.19. The summed E-state index contributed by atoms with van der Waals surface area (Å²) in [6, 6.07) is 13.0. The first-order chi connectivity index (χ1) is 14.0. The van der Waals surface area contributed by atoms with Crippen LogP contribution in [0.3, 0.4) is 0 Å². The van der Waals surface area contributed by atoms with E-state index in [9.17, 15) is 19.7 Å². The smallest absolute Gasteiger partial charge is 0.270 e. The molecule has 0 heterocycles. The van der Waals surface area contributed by atoms with Crippen molar-refractivity contribution in [3.05, 3.63) is 75.8 Å². The third-order valence-electron chi connectivity index (χ3n) is 4.84. The highest BCUT2D eigenvalue weighted by atomic mass is 16.6. The third kappa shape index (κ3) is 6.00. The van der Waals surface area contributed by atoms with Gasteiger partial charge in [-0.1, -0.05) is 37.5 Å². The predicted octanol–water partition coefficient (Wildman–Crippen LogP) is 4.31. The van der Waals surface area contributed by atoms with Crippen LogP contribution >= 0.6 is 0 Å². The van der Waals surface area contributed by atoms with E-state index in [1.165, 1.54) is 30.7 Å². The molecule has 7 nitrogen and oxygen atoms in total. The number of hydrogen-bond donors (Lipinski definition) is 2. The van der Waals surface area contributed by atoms with E-state index in [2.05, 4.69) is 10.6 Å². The average Bonchev–Trinajstić information content (AvgIpc) is 2.73. The molecule has 29 heavy (non-hydrogen) atoms. The molecule has 2 aromatic rings. The number of amides is 2. The molecule has 3 rings (SSSR count). The van der Waals surface area contributed by atoms with Crippen molar-refractivity contribution in [1.29, 1.82) is 0 Å². The number of nitro benzene ring substituents is 1. The zero-order valence-corrected chi connectivity index (χ0v) is 16.0. The zero-order valence-electron chi connectivity index (χ0n) is 16.0. The van der Waals surface area contributed by atoms with Crippen LogP contribution in [0.2, 0.25) is 0 Å². The molecule has 7 heteroatoms. The average molecular weight is 393 g/mol. The summed E-state index contributed by atoms with van der Waals surface area (Å²) in [6.45, 7) is 0. The van der Waals surface area contributed by atoms with Gasteiger partial charge in [0.2, 0.25) is 5.91 Å². The van der Waals surface area contributed by atoms with Crippen LogP contribution in [0, 0.1) is 10.1 Å². The minimum atomic E-state index is -0.485. The van der Waals surface area contributed by atoms with Crippen LogP contribution in [0.5, 0.6) is 0 Å². The van der Waals surface area contributed by atoms with Crippen LogP contribution < -0.4 is 10.6 Å². The number of carbonyl (C=O) groups excluding carboxylic acids is 2.